The fraction of sp³-hybridized carbons (Fsp3) is 0.357. The standard InChI is InChI=1S/C14H14FN3O3/c1-2-14(19)7-17(8-14)13-10(15)6-11(18(20)21)9-4-3-5-16-12(9)13/h3-6,19H,2,7-8H2,1H3. The number of hydrogen-bond donors (Lipinski definition) is 1. The molecule has 3 rings (SSSR count). The molecule has 0 saturated carbocycles. The van der Waals surface area contributed by atoms with E-state index < -0.39 is 16.3 Å². The molecule has 21 heavy (non-hydrogen) atoms. The number of rotatable bonds is 3. The van der Waals surface area contributed by atoms with Crippen LogP contribution < -0.4 is 4.90 Å². The van der Waals surface area contributed by atoms with Crippen molar-refractivity contribution in [3.8, 4) is 0 Å². The molecule has 1 aromatic carbocycles. The maximum absolute atomic E-state index is 14.3. The van der Waals surface area contributed by atoms with E-state index in [1.807, 2.05) is 6.92 Å². The number of fused-ring (bicyclic) bond motifs is 1. The molecule has 0 radical (unpaired) electrons. The highest BCUT2D eigenvalue weighted by molar-refractivity contribution is 5.97. The molecular weight excluding hydrogens is 277 g/mol. The van der Waals surface area contributed by atoms with Crippen molar-refractivity contribution in [2.24, 2.45) is 0 Å². The number of nitro benzene ring substituents is 1. The van der Waals surface area contributed by atoms with E-state index in [0.29, 0.717) is 24.9 Å². The molecule has 1 aromatic heterocycles. The lowest BCUT2D eigenvalue weighted by molar-refractivity contribution is -0.383. The van der Waals surface area contributed by atoms with Gasteiger partial charge in [-0.1, -0.05) is 6.92 Å². The Labute approximate surface area is 120 Å². The number of nitrogens with zero attached hydrogens (tertiary/aromatic N) is 3. The minimum Gasteiger partial charge on any atom is -0.386 e. The van der Waals surface area contributed by atoms with Crippen molar-refractivity contribution in [1.82, 2.24) is 4.98 Å². The first-order valence-corrected chi connectivity index (χ1v) is 6.64. The number of aromatic nitrogens is 1. The van der Waals surface area contributed by atoms with Crippen LogP contribution in [0.3, 0.4) is 0 Å². The predicted molar refractivity (Wildman–Crippen MR) is 75.8 cm³/mol. The van der Waals surface area contributed by atoms with Crippen LogP contribution in [0.4, 0.5) is 15.8 Å². The average Bonchev–Trinajstić information content (AvgIpc) is 2.43. The van der Waals surface area contributed by atoms with Crippen LogP contribution in [-0.4, -0.2) is 33.7 Å². The lowest BCUT2D eigenvalue weighted by Crippen LogP contribution is -2.62. The van der Waals surface area contributed by atoms with Crippen molar-refractivity contribution in [2.75, 3.05) is 18.0 Å². The molecule has 6 nitrogen and oxygen atoms in total. The second kappa shape index (κ2) is 4.63. The number of β-amino-alcohol motifs (C(OH)–C–C–N with tert-alkyl or cyclic N) is 1. The Hall–Kier alpha value is -2.28. The van der Waals surface area contributed by atoms with Crippen molar-refractivity contribution in [3.63, 3.8) is 0 Å². The van der Waals surface area contributed by atoms with Gasteiger partial charge in [-0.3, -0.25) is 15.1 Å². The van der Waals surface area contributed by atoms with Crippen molar-refractivity contribution >= 4 is 22.3 Å². The van der Waals surface area contributed by atoms with E-state index in [1.165, 1.54) is 6.20 Å². The second-order valence-corrected chi connectivity index (χ2v) is 5.32. The van der Waals surface area contributed by atoms with E-state index in [1.54, 1.807) is 17.0 Å². The summed E-state index contributed by atoms with van der Waals surface area (Å²) in [6.07, 6.45) is 2.05. The van der Waals surface area contributed by atoms with Gasteiger partial charge in [-0.05, 0) is 18.6 Å². The summed E-state index contributed by atoms with van der Waals surface area (Å²) in [5.41, 5.74) is -0.655. The molecule has 1 aliphatic heterocycles. The SMILES string of the molecule is CCC1(O)CN(c2c(F)cc([N+](=O)[O-])c3cccnc23)C1. The van der Waals surface area contributed by atoms with Crippen molar-refractivity contribution in [2.45, 2.75) is 18.9 Å². The number of halogens is 1. The molecular formula is C14H14FN3O3. The minimum atomic E-state index is -0.824. The third-order valence-electron chi connectivity index (χ3n) is 3.94. The van der Waals surface area contributed by atoms with Crippen LogP contribution in [0.25, 0.3) is 10.9 Å². The molecule has 0 unspecified atom stereocenters. The van der Waals surface area contributed by atoms with E-state index in [9.17, 15) is 19.6 Å². The molecule has 1 fully saturated rings. The Morgan fingerprint density at radius 1 is 1.57 bits per heavy atom. The minimum absolute atomic E-state index is 0.217. The van der Waals surface area contributed by atoms with Crippen LogP contribution in [0, 0.1) is 15.9 Å². The van der Waals surface area contributed by atoms with Gasteiger partial charge in [-0.2, -0.15) is 0 Å². The van der Waals surface area contributed by atoms with E-state index in [-0.39, 0.29) is 16.9 Å². The first kappa shape index (κ1) is 13.7. The zero-order valence-corrected chi connectivity index (χ0v) is 11.4. The molecule has 1 aliphatic rings. The van der Waals surface area contributed by atoms with Crippen LogP contribution >= 0.6 is 0 Å². The van der Waals surface area contributed by atoms with Crippen molar-refractivity contribution < 1.29 is 14.4 Å². The lowest BCUT2D eigenvalue weighted by atomic mass is 9.90. The number of pyridine rings is 1. The van der Waals surface area contributed by atoms with Crippen LogP contribution in [-0.2, 0) is 0 Å². The van der Waals surface area contributed by atoms with Gasteiger partial charge in [0.1, 0.15) is 11.2 Å². The topological polar surface area (TPSA) is 79.5 Å². The molecule has 1 saturated heterocycles. The number of non-ortho nitro benzene ring substituents is 1. The number of anilines is 1. The Bertz CT molecular complexity index is 729. The molecule has 0 aliphatic carbocycles. The molecule has 7 heteroatoms. The smallest absolute Gasteiger partial charge is 0.281 e. The monoisotopic (exact) mass is 291 g/mol. The highest BCUT2D eigenvalue weighted by atomic mass is 19.1. The second-order valence-electron chi connectivity index (χ2n) is 5.32. The van der Waals surface area contributed by atoms with Crippen LogP contribution in [0.1, 0.15) is 13.3 Å². The number of aliphatic hydroxyl groups is 1. The summed E-state index contributed by atoms with van der Waals surface area (Å²) in [4.78, 5) is 16.2. The molecule has 0 spiro atoms. The van der Waals surface area contributed by atoms with Gasteiger partial charge in [0.15, 0.2) is 5.82 Å². The van der Waals surface area contributed by atoms with Gasteiger partial charge < -0.3 is 10.0 Å². The highest BCUT2D eigenvalue weighted by Crippen LogP contribution is 2.39. The lowest BCUT2D eigenvalue weighted by Gasteiger charge is -2.47. The Morgan fingerprint density at radius 3 is 2.90 bits per heavy atom. The van der Waals surface area contributed by atoms with Gasteiger partial charge in [-0.15, -0.1) is 0 Å². The van der Waals surface area contributed by atoms with Gasteiger partial charge in [0, 0.05) is 19.3 Å². The molecule has 0 amide bonds. The summed E-state index contributed by atoms with van der Waals surface area (Å²) in [5.74, 6) is -0.689. The third-order valence-corrected chi connectivity index (χ3v) is 3.94. The first-order valence-electron chi connectivity index (χ1n) is 6.64. The van der Waals surface area contributed by atoms with E-state index in [2.05, 4.69) is 4.98 Å². The van der Waals surface area contributed by atoms with Gasteiger partial charge in [0.25, 0.3) is 5.69 Å². The fourth-order valence-electron chi connectivity index (χ4n) is 2.68. The predicted octanol–water partition coefficient (Wildman–Crippen LogP) is 2.24. The quantitative estimate of drug-likeness (QED) is 0.693. The summed E-state index contributed by atoms with van der Waals surface area (Å²) >= 11 is 0. The number of hydrogen-bond acceptors (Lipinski definition) is 5. The fourth-order valence-corrected chi connectivity index (χ4v) is 2.68. The summed E-state index contributed by atoms with van der Waals surface area (Å²) in [6, 6.07) is 4.05. The zero-order valence-electron chi connectivity index (χ0n) is 11.4. The first-order chi connectivity index (χ1) is 9.95. The van der Waals surface area contributed by atoms with Gasteiger partial charge in [-0.25, -0.2) is 4.39 Å². The molecule has 0 atom stereocenters. The van der Waals surface area contributed by atoms with Crippen LogP contribution in [0.2, 0.25) is 0 Å². The summed E-state index contributed by atoms with van der Waals surface area (Å²) in [7, 11) is 0. The Kier molecular flexibility index (Phi) is 3.02. The normalized spacial score (nSPS) is 16.8. The van der Waals surface area contributed by atoms with E-state index in [0.717, 1.165) is 6.07 Å². The average molecular weight is 291 g/mol. The molecule has 1 N–H and O–H groups in total. The zero-order chi connectivity index (χ0) is 15.2. The molecule has 2 aromatic rings. The van der Waals surface area contributed by atoms with Crippen molar-refractivity contribution in [1.29, 1.82) is 0 Å². The van der Waals surface area contributed by atoms with Crippen LogP contribution in [0.15, 0.2) is 24.4 Å². The summed E-state index contributed by atoms with van der Waals surface area (Å²) in [5, 5.41) is 21.4. The van der Waals surface area contributed by atoms with E-state index in [4.69, 9.17) is 0 Å². The molecule has 0 bridgehead atoms. The summed E-state index contributed by atoms with van der Waals surface area (Å²) in [6.45, 7) is 2.45. The third kappa shape index (κ3) is 2.09. The van der Waals surface area contributed by atoms with Gasteiger partial charge in [0.05, 0.1) is 22.0 Å². The maximum Gasteiger partial charge on any atom is 0.281 e. The Morgan fingerprint density at radius 2 is 2.29 bits per heavy atom. The van der Waals surface area contributed by atoms with Gasteiger partial charge >= 0.3 is 0 Å². The van der Waals surface area contributed by atoms with Crippen LogP contribution in [0.5, 0.6) is 0 Å². The highest BCUT2D eigenvalue weighted by Gasteiger charge is 2.41. The number of benzene rings is 1. The maximum atomic E-state index is 14.3. The largest absolute Gasteiger partial charge is 0.386 e. The number of nitro groups is 1. The van der Waals surface area contributed by atoms with E-state index >= 15 is 0 Å². The Balaban J connectivity index is 2.14. The van der Waals surface area contributed by atoms with Crippen molar-refractivity contribution in [3.05, 3.63) is 40.3 Å². The molecule has 2 heterocycles. The molecule has 110 valence electrons. The van der Waals surface area contributed by atoms with Gasteiger partial charge in [0.2, 0.25) is 0 Å². The summed E-state index contributed by atoms with van der Waals surface area (Å²) < 4.78 is 14.3.